The Labute approximate surface area is 184 Å². The summed E-state index contributed by atoms with van der Waals surface area (Å²) in [5.74, 6) is -1.43. The van der Waals surface area contributed by atoms with Crippen LogP contribution in [0.2, 0.25) is 5.02 Å². The Hall–Kier alpha value is -3.92. The number of anilines is 1. The fourth-order valence-corrected chi connectivity index (χ4v) is 3.64. The molecule has 0 amide bonds. The SMILES string of the molecule is C[C@@H](Oc1cnc(-c2ccc(F)c(Cl)c2F)c2ncnc(N)c12)c1nccn2ccnc12. The van der Waals surface area contributed by atoms with Crippen LogP contribution in [0.4, 0.5) is 14.6 Å². The largest absolute Gasteiger partial charge is 0.482 e. The second-order valence-electron chi connectivity index (χ2n) is 6.91. The van der Waals surface area contributed by atoms with Crippen molar-refractivity contribution in [2.75, 3.05) is 5.73 Å². The standard InChI is InChI=1S/C21H14ClF2N7O/c1-10(17-21-27-5-7-31(21)6-4-26-17)32-13-8-28-18(19-14(13)20(25)30-9-29-19)11-2-3-12(23)15(22)16(11)24/h2-10H,1H3,(H2,25,29,30)/t10-/m1/s1. The molecule has 160 valence electrons. The minimum absolute atomic E-state index is 0.0251. The van der Waals surface area contributed by atoms with Crippen molar-refractivity contribution in [2.24, 2.45) is 0 Å². The number of nitrogen functional groups attached to an aromatic ring is 1. The molecule has 1 aromatic carbocycles. The highest BCUT2D eigenvalue weighted by Crippen LogP contribution is 2.38. The van der Waals surface area contributed by atoms with E-state index in [1.165, 1.54) is 18.6 Å². The predicted octanol–water partition coefficient (Wildman–Crippen LogP) is 4.39. The molecule has 4 heterocycles. The predicted molar refractivity (Wildman–Crippen MR) is 114 cm³/mol. The Morgan fingerprint density at radius 1 is 1.06 bits per heavy atom. The number of imidazole rings is 1. The summed E-state index contributed by atoms with van der Waals surface area (Å²) in [6.07, 6.45) is 8.96. The molecule has 1 atom stereocenters. The van der Waals surface area contributed by atoms with Crippen molar-refractivity contribution >= 4 is 34.0 Å². The first kappa shape index (κ1) is 20.0. The third-order valence-corrected chi connectivity index (χ3v) is 5.32. The second-order valence-corrected chi connectivity index (χ2v) is 7.29. The summed E-state index contributed by atoms with van der Waals surface area (Å²) in [5, 5.41) is -0.299. The van der Waals surface area contributed by atoms with Gasteiger partial charge in [-0.2, -0.15) is 0 Å². The number of fused-ring (bicyclic) bond motifs is 2. The van der Waals surface area contributed by atoms with Crippen LogP contribution in [0.25, 0.3) is 27.8 Å². The molecule has 5 rings (SSSR count). The number of hydrogen-bond donors (Lipinski definition) is 1. The van der Waals surface area contributed by atoms with Crippen molar-refractivity contribution in [2.45, 2.75) is 13.0 Å². The maximum Gasteiger partial charge on any atom is 0.162 e. The van der Waals surface area contributed by atoms with E-state index in [1.807, 2.05) is 4.40 Å². The second kappa shape index (κ2) is 7.65. The number of rotatable bonds is 4. The van der Waals surface area contributed by atoms with Gasteiger partial charge in [-0.1, -0.05) is 11.6 Å². The first-order valence-electron chi connectivity index (χ1n) is 9.43. The molecule has 11 heteroatoms. The third kappa shape index (κ3) is 3.16. The van der Waals surface area contributed by atoms with E-state index in [9.17, 15) is 8.78 Å². The van der Waals surface area contributed by atoms with Gasteiger partial charge < -0.3 is 14.9 Å². The Morgan fingerprint density at radius 2 is 1.84 bits per heavy atom. The first-order valence-corrected chi connectivity index (χ1v) is 9.80. The highest BCUT2D eigenvalue weighted by Gasteiger charge is 2.22. The number of aromatic nitrogens is 6. The van der Waals surface area contributed by atoms with E-state index >= 15 is 0 Å². The summed E-state index contributed by atoms with van der Waals surface area (Å²) in [6.45, 7) is 1.80. The lowest BCUT2D eigenvalue weighted by atomic mass is 10.1. The molecule has 0 aliphatic rings. The molecule has 0 saturated heterocycles. The highest BCUT2D eigenvalue weighted by atomic mass is 35.5. The molecule has 5 aromatic rings. The van der Waals surface area contributed by atoms with E-state index < -0.39 is 22.8 Å². The molecular formula is C21H14ClF2N7O. The van der Waals surface area contributed by atoms with Gasteiger partial charge in [-0.05, 0) is 19.1 Å². The van der Waals surface area contributed by atoms with Crippen molar-refractivity contribution in [3.63, 3.8) is 0 Å². The molecule has 0 saturated carbocycles. The van der Waals surface area contributed by atoms with Crippen LogP contribution in [-0.2, 0) is 0 Å². The van der Waals surface area contributed by atoms with Gasteiger partial charge in [-0.15, -0.1) is 0 Å². The van der Waals surface area contributed by atoms with E-state index in [0.29, 0.717) is 16.7 Å². The van der Waals surface area contributed by atoms with Gasteiger partial charge in [-0.25, -0.2) is 28.7 Å². The van der Waals surface area contributed by atoms with Crippen molar-refractivity contribution < 1.29 is 13.5 Å². The highest BCUT2D eigenvalue weighted by molar-refractivity contribution is 6.31. The number of ether oxygens (including phenoxy) is 1. The van der Waals surface area contributed by atoms with E-state index in [4.69, 9.17) is 22.1 Å². The van der Waals surface area contributed by atoms with Crippen LogP contribution in [0.1, 0.15) is 18.7 Å². The van der Waals surface area contributed by atoms with Crippen molar-refractivity contribution in [1.82, 2.24) is 29.3 Å². The van der Waals surface area contributed by atoms with Crippen LogP contribution < -0.4 is 10.5 Å². The Morgan fingerprint density at radius 3 is 2.66 bits per heavy atom. The van der Waals surface area contributed by atoms with Crippen LogP contribution in [0, 0.1) is 11.6 Å². The van der Waals surface area contributed by atoms with Crippen molar-refractivity contribution in [3.8, 4) is 17.0 Å². The number of benzene rings is 1. The lowest BCUT2D eigenvalue weighted by Crippen LogP contribution is -2.09. The van der Waals surface area contributed by atoms with Gasteiger partial charge in [0.15, 0.2) is 17.2 Å². The molecule has 8 nitrogen and oxygen atoms in total. The fourth-order valence-electron chi connectivity index (χ4n) is 3.47. The van der Waals surface area contributed by atoms with Gasteiger partial charge in [0.1, 0.15) is 40.3 Å². The molecule has 0 unspecified atom stereocenters. The average molecular weight is 454 g/mol. The van der Waals surface area contributed by atoms with Gasteiger partial charge in [0.05, 0.1) is 17.3 Å². The van der Waals surface area contributed by atoms with Crippen LogP contribution in [0.3, 0.4) is 0 Å². The van der Waals surface area contributed by atoms with E-state index in [0.717, 1.165) is 6.07 Å². The van der Waals surface area contributed by atoms with Gasteiger partial charge in [-0.3, -0.25) is 4.98 Å². The van der Waals surface area contributed by atoms with Crippen LogP contribution >= 0.6 is 11.6 Å². The number of halogens is 3. The summed E-state index contributed by atoms with van der Waals surface area (Å²) in [7, 11) is 0. The Bertz CT molecular complexity index is 1490. The zero-order valence-corrected chi connectivity index (χ0v) is 17.3. The first-order chi connectivity index (χ1) is 15.5. The van der Waals surface area contributed by atoms with Crippen LogP contribution in [0.15, 0.2) is 49.4 Å². The molecule has 0 fully saturated rings. The summed E-state index contributed by atoms with van der Waals surface area (Å²) in [4.78, 5) is 21.3. The monoisotopic (exact) mass is 453 g/mol. The number of pyridine rings is 1. The van der Waals surface area contributed by atoms with E-state index in [-0.39, 0.29) is 28.3 Å². The van der Waals surface area contributed by atoms with E-state index in [2.05, 4.69) is 24.9 Å². The Kier molecular flexibility index (Phi) is 4.78. The van der Waals surface area contributed by atoms with Crippen molar-refractivity contribution in [3.05, 3.63) is 71.8 Å². The van der Waals surface area contributed by atoms with Crippen LogP contribution in [0.5, 0.6) is 5.75 Å². The smallest absolute Gasteiger partial charge is 0.162 e. The minimum Gasteiger partial charge on any atom is -0.482 e. The molecule has 0 bridgehead atoms. The molecular weight excluding hydrogens is 440 g/mol. The van der Waals surface area contributed by atoms with Gasteiger partial charge >= 0.3 is 0 Å². The topological polar surface area (TPSA) is 104 Å². The molecule has 2 N–H and O–H groups in total. The molecule has 0 radical (unpaired) electrons. The number of hydrogen-bond acceptors (Lipinski definition) is 7. The van der Waals surface area contributed by atoms with Crippen molar-refractivity contribution in [1.29, 1.82) is 0 Å². The molecule has 0 aliphatic heterocycles. The zero-order valence-electron chi connectivity index (χ0n) is 16.5. The maximum absolute atomic E-state index is 14.7. The third-order valence-electron chi connectivity index (χ3n) is 4.98. The molecule has 0 aliphatic carbocycles. The average Bonchev–Trinajstić information content (AvgIpc) is 3.27. The number of nitrogens with two attached hydrogens (primary N) is 1. The van der Waals surface area contributed by atoms with Gasteiger partial charge in [0.2, 0.25) is 0 Å². The quantitative estimate of drug-likeness (QED) is 0.402. The summed E-state index contributed by atoms with van der Waals surface area (Å²) in [5.41, 5.74) is 7.69. The summed E-state index contributed by atoms with van der Waals surface area (Å²) in [6, 6.07) is 2.30. The number of nitrogens with zero attached hydrogens (tertiary/aromatic N) is 6. The van der Waals surface area contributed by atoms with Gasteiger partial charge in [0, 0.05) is 30.4 Å². The normalized spacial score (nSPS) is 12.4. The molecule has 4 aromatic heterocycles. The fraction of sp³-hybridized carbons (Fsp3) is 0.0952. The van der Waals surface area contributed by atoms with Gasteiger partial charge in [0.25, 0.3) is 0 Å². The lowest BCUT2D eigenvalue weighted by molar-refractivity contribution is 0.225. The summed E-state index contributed by atoms with van der Waals surface area (Å²) < 4.78 is 36.3. The van der Waals surface area contributed by atoms with E-state index in [1.54, 1.807) is 31.7 Å². The molecule has 32 heavy (non-hydrogen) atoms. The lowest BCUT2D eigenvalue weighted by Gasteiger charge is -2.17. The summed E-state index contributed by atoms with van der Waals surface area (Å²) >= 11 is 5.75. The zero-order chi connectivity index (χ0) is 22.4. The Balaban J connectivity index is 1.64. The molecule has 0 spiro atoms. The minimum atomic E-state index is -0.949. The van der Waals surface area contributed by atoms with Crippen LogP contribution in [-0.4, -0.2) is 29.3 Å². The maximum atomic E-state index is 14.7.